The number of pyridine rings is 1. The van der Waals surface area contributed by atoms with Crippen LogP contribution in [-0.2, 0) is 4.79 Å². The van der Waals surface area contributed by atoms with Crippen LogP contribution in [0, 0.1) is 6.92 Å². The van der Waals surface area contributed by atoms with Gasteiger partial charge in [-0.3, -0.25) is 9.59 Å². The zero-order valence-electron chi connectivity index (χ0n) is 15.0. The van der Waals surface area contributed by atoms with Gasteiger partial charge in [-0.15, -0.1) is 0 Å². The molecule has 9 heteroatoms. The number of nitrogens with two attached hydrogens (primary N) is 1. The summed E-state index contributed by atoms with van der Waals surface area (Å²) in [5, 5.41) is 8.73. The molecule has 3 aromatic rings. The lowest BCUT2D eigenvalue weighted by molar-refractivity contribution is -0.119. The summed E-state index contributed by atoms with van der Waals surface area (Å²) in [7, 11) is 1.49. The van der Waals surface area contributed by atoms with E-state index in [-0.39, 0.29) is 11.9 Å². The molecule has 8 nitrogen and oxygen atoms in total. The maximum absolute atomic E-state index is 11.8. The van der Waals surface area contributed by atoms with Gasteiger partial charge in [-0.05, 0) is 25.5 Å². The molecule has 1 fully saturated rings. The molecule has 1 saturated heterocycles. The van der Waals surface area contributed by atoms with Gasteiger partial charge in [0.05, 0.1) is 17.7 Å². The average molecular weight is 385 g/mol. The number of nitrogens with zero attached hydrogens (tertiary/aromatic N) is 2. The zero-order valence-corrected chi connectivity index (χ0v) is 15.8. The standard InChI is InChI=1S/C18H19N5O3S/c1-8-21-15-10-5-12(16(19)25)13(26-2)6-11(10)17(23-18(15)27-8)20-7-9-3-4-14(24)22-9/h5-6,9H,3-4,7H2,1-2H3,(H2,19,25)(H,20,23)(H,22,24)/t9-/m0/s1. The Bertz CT molecular complexity index is 1080. The van der Waals surface area contributed by atoms with Crippen molar-refractivity contribution in [2.75, 3.05) is 19.0 Å². The number of aryl methyl sites for hydroxylation is 1. The molecule has 1 atom stereocenters. The Morgan fingerprint density at radius 2 is 2.22 bits per heavy atom. The number of fused-ring (bicyclic) bond motifs is 3. The van der Waals surface area contributed by atoms with E-state index in [1.807, 2.05) is 6.92 Å². The summed E-state index contributed by atoms with van der Waals surface area (Å²) in [4.78, 5) is 33.3. The highest BCUT2D eigenvalue weighted by atomic mass is 32.1. The number of methoxy groups -OCH3 is 1. The van der Waals surface area contributed by atoms with Crippen LogP contribution < -0.4 is 21.1 Å². The third kappa shape index (κ3) is 3.14. The number of anilines is 1. The van der Waals surface area contributed by atoms with Crippen LogP contribution in [0.1, 0.15) is 28.2 Å². The van der Waals surface area contributed by atoms with Gasteiger partial charge in [0.1, 0.15) is 21.9 Å². The Morgan fingerprint density at radius 3 is 2.89 bits per heavy atom. The monoisotopic (exact) mass is 385 g/mol. The van der Waals surface area contributed by atoms with Crippen molar-refractivity contribution in [2.24, 2.45) is 5.73 Å². The van der Waals surface area contributed by atoms with Crippen molar-refractivity contribution in [2.45, 2.75) is 25.8 Å². The molecule has 0 radical (unpaired) electrons. The second-order valence-corrected chi connectivity index (χ2v) is 7.68. The topological polar surface area (TPSA) is 119 Å². The van der Waals surface area contributed by atoms with E-state index in [4.69, 9.17) is 15.5 Å². The van der Waals surface area contributed by atoms with E-state index in [0.717, 1.165) is 32.5 Å². The summed E-state index contributed by atoms with van der Waals surface area (Å²) < 4.78 is 5.35. The van der Waals surface area contributed by atoms with E-state index in [1.54, 1.807) is 12.1 Å². The minimum atomic E-state index is -0.561. The largest absolute Gasteiger partial charge is 0.496 e. The molecular formula is C18H19N5O3S. The number of rotatable bonds is 5. The van der Waals surface area contributed by atoms with Gasteiger partial charge < -0.3 is 21.1 Å². The highest BCUT2D eigenvalue weighted by molar-refractivity contribution is 7.18. The Labute approximate surface area is 159 Å². The average Bonchev–Trinajstić information content (AvgIpc) is 3.22. The van der Waals surface area contributed by atoms with E-state index in [9.17, 15) is 9.59 Å². The lowest BCUT2D eigenvalue weighted by atomic mass is 10.1. The third-order valence-corrected chi connectivity index (χ3v) is 5.51. The number of ether oxygens (including phenoxy) is 1. The summed E-state index contributed by atoms with van der Waals surface area (Å²) in [6.07, 6.45) is 1.34. The van der Waals surface area contributed by atoms with Crippen molar-refractivity contribution >= 4 is 50.1 Å². The van der Waals surface area contributed by atoms with Crippen molar-refractivity contribution in [1.29, 1.82) is 0 Å². The van der Waals surface area contributed by atoms with Crippen molar-refractivity contribution in [3.8, 4) is 5.75 Å². The first kappa shape index (κ1) is 17.5. The summed E-state index contributed by atoms with van der Waals surface area (Å²) in [5.74, 6) is 0.562. The Kier molecular flexibility index (Phi) is 4.31. The van der Waals surface area contributed by atoms with E-state index in [2.05, 4.69) is 15.6 Å². The first-order valence-corrected chi connectivity index (χ1v) is 9.40. The molecule has 0 bridgehead atoms. The van der Waals surface area contributed by atoms with Crippen molar-refractivity contribution in [3.05, 3.63) is 22.7 Å². The maximum atomic E-state index is 11.8. The van der Waals surface area contributed by atoms with Crippen LogP contribution >= 0.6 is 11.3 Å². The molecule has 0 spiro atoms. The molecule has 27 heavy (non-hydrogen) atoms. The van der Waals surface area contributed by atoms with Crippen molar-refractivity contribution in [1.82, 2.24) is 15.3 Å². The van der Waals surface area contributed by atoms with Gasteiger partial charge in [-0.1, -0.05) is 11.3 Å². The van der Waals surface area contributed by atoms with Crippen molar-refractivity contribution in [3.63, 3.8) is 0 Å². The number of nitrogens with one attached hydrogen (secondary N) is 2. The van der Waals surface area contributed by atoms with Crippen molar-refractivity contribution < 1.29 is 14.3 Å². The molecule has 0 saturated carbocycles. The van der Waals surface area contributed by atoms with Gasteiger partial charge >= 0.3 is 0 Å². The number of carbonyl (C=O) groups excluding carboxylic acids is 2. The SMILES string of the molecule is COc1cc2c(NC[C@@H]3CCC(=O)N3)nc3sc(C)nc3c2cc1C(N)=O. The predicted molar refractivity (Wildman–Crippen MR) is 104 cm³/mol. The number of benzene rings is 1. The van der Waals surface area contributed by atoms with E-state index < -0.39 is 5.91 Å². The number of carbonyl (C=O) groups is 2. The zero-order chi connectivity index (χ0) is 19.1. The minimum absolute atomic E-state index is 0.0695. The van der Waals surface area contributed by atoms with Crippen LogP contribution in [-0.4, -0.2) is 41.5 Å². The molecule has 0 aliphatic carbocycles. The minimum Gasteiger partial charge on any atom is -0.496 e. The van der Waals surface area contributed by atoms with Crippen LogP contribution in [0.4, 0.5) is 5.82 Å². The molecule has 1 aliphatic heterocycles. The number of amides is 2. The molecule has 0 unspecified atom stereocenters. The second-order valence-electron chi connectivity index (χ2n) is 6.49. The van der Waals surface area contributed by atoms with E-state index in [0.29, 0.717) is 30.1 Å². The molecule has 1 aromatic carbocycles. The Hall–Kier alpha value is -2.94. The lowest BCUT2D eigenvalue weighted by Gasteiger charge is -2.15. The number of thiazole rings is 1. The van der Waals surface area contributed by atoms with Gasteiger partial charge in [0.2, 0.25) is 5.91 Å². The van der Waals surface area contributed by atoms with E-state index in [1.165, 1.54) is 18.4 Å². The molecule has 3 heterocycles. The Balaban J connectivity index is 1.85. The molecule has 2 aromatic heterocycles. The smallest absolute Gasteiger partial charge is 0.252 e. The van der Waals surface area contributed by atoms with Gasteiger partial charge in [0, 0.05) is 29.8 Å². The third-order valence-electron chi connectivity index (χ3n) is 4.65. The summed E-state index contributed by atoms with van der Waals surface area (Å²) in [6, 6.07) is 3.54. The summed E-state index contributed by atoms with van der Waals surface area (Å²) >= 11 is 1.48. The van der Waals surface area contributed by atoms with Crippen LogP contribution in [0.15, 0.2) is 12.1 Å². The highest BCUT2D eigenvalue weighted by Gasteiger charge is 2.22. The van der Waals surface area contributed by atoms with Gasteiger partial charge in [0.15, 0.2) is 0 Å². The van der Waals surface area contributed by atoms with Crippen LogP contribution in [0.25, 0.3) is 21.1 Å². The van der Waals surface area contributed by atoms with E-state index >= 15 is 0 Å². The lowest BCUT2D eigenvalue weighted by Crippen LogP contribution is -2.32. The van der Waals surface area contributed by atoms with Gasteiger partial charge in [0.25, 0.3) is 5.91 Å². The molecule has 1 aliphatic rings. The summed E-state index contributed by atoms with van der Waals surface area (Å²) in [5.41, 5.74) is 6.55. The fraction of sp³-hybridized carbons (Fsp3) is 0.333. The quantitative estimate of drug-likeness (QED) is 0.618. The maximum Gasteiger partial charge on any atom is 0.252 e. The highest BCUT2D eigenvalue weighted by Crippen LogP contribution is 2.36. The normalized spacial score (nSPS) is 16.7. The van der Waals surface area contributed by atoms with Gasteiger partial charge in [-0.25, -0.2) is 9.97 Å². The summed E-state index contributed by atoms with van der Waals surface area (Å²) in [6.45, 7) is 2.48. The number of primary amides is 1. The second kappa shape index (κ2) is 6.66. The predicted octanol–water partition coefficient (Wildman–Crippen LogP) is 1.95. The first-order valence-electron chi connectivity index (χ1n) is 8.58. The number of hydrogen-bond acceptors (Lipinski definition) is 7. The Morgan fingerprint density at radius 1 is 1.41 bits per heavy atom. The molecular weight excluding hydrogens is 366 g/mol. The van der Waals surface area contributed by atoms with Gasteiger partial charge in [-0.2, -0.15) is 0 Å². The van der Waals surface area contributed by atoms with Crippen LogP contribution in [0.5, 0.6) is 5.75 Å². The fourth-order valence-corrected chi connectivity index (χ4v) is 4.15. The number of hydrogen-bond donors (Lipinski definition) is 3. The molecule has 4 rings (SSSR count). The first-order chi connectivity index (χ1) is 13.0. The molecule has 2 amide bonds. The fourth-order valence-electron chi connectivity index (χ4n) is 3.35. The van der Waals surface area contributed by atoms with Crippen LogP contribution in [0.2, 0.25) is 0 Å². The molecule has 4 N–H and O–H groups in total. The molecule has 140 valence electrons. The number of aromatic nitrogens is 2. The van der Waals surface area contributed by atoms with Crippen LogP contribution in [0.3, 0.4) is 0 Å².